The number of aryl methyl sites for hydroxylation is 2. The highest BCUT2D eigenvalue weighted by atomic mass is 16.2. The summed E-state index contributed by atoms with van der Waals surface area (Å²) in [5.41, 5.74) is 4.55. The van der Waals surface area contributed by atoms with Crippen LogP contribution in [0.2, 0.25) is 0 Å². The molecule has 0 spiro atoms. The van der Waals surface area contributed by atoms with Gasteiger partial charge in [0.25, 0.3) is 0 Å². The number of nitrogens with one attached hydrogen (secondary N) is 2. The number of carbonyl (C=O) groups is 2. The largest absolute Gasteiger partial charge is 0.338 e. The van der Waals surface area contributed by atoms with Crippen molar-refractivity contribution in [3.63, 3.8) is 0 Å². The molecule has 5 heteroatoms. The maximum atomic E-state index is 12.5. The van der Waals surface area contributed by atoms with Crippen LogP contribution in [-0.2, 0) is 11.2 Å². The smallest absolute Gasteiger partial charge is 0.317 e. The molecule has 0 saturated carbocycles. The number of likely N-dealkylation sites (tertiary alicyclic amines) is 1. The number of rotatable bonds is 5. The van der Waals surface area contributed by atoms with E-state index in [0.29, 0.717) is 19.6 Å². The molecule has 0 aromatic heterocycles. The predicted octanol–water partition coefficient (Wildman–Crippen LogP) is 3.91. The SMILES string of the molecule is Cc1ccc(CCNC(=O)N2CCCC(C(=O)Nc3ccccc3)C2)c(C)c1. The van der Waals surface area contributed by atoms with Gasteiger partial charge in [0.15, 0.2) is 0 Å². The molecule has 2 N–H and O–H groups in total. The molecule has 2 aromatic rings. The third-order valence-electron chi connectivity index (χ3n) is 5.29. The molecule has 1 saturated heterocycles. The summed E-state index contributed by atoms with van der Waals surface area (Å²) >= 11 is 0. The van der Waals surface area contributed by atoms with Crippen LogP contribution in [-0.4, -0.2) is 36.5 Å². The highest BCUT2D eigenvalue weighted by Gasteiger charge is 2.28. The fraction of sp³-hybridized carbons (Fsp3) is 0.391. The molecular weight excluding hydrogens is 350 g/mol. The van der Waals surface area contributed by atoms with Crippen molar-refractivity contribution in [3.8, 4) is 0 Å². The Morgan fingerprint density at radius 1 is 1.11 bits per heavy atom. The lowest BCUT2D eigenvalue weighted by Gasteiger charge is -2.32. The first-order valence-electron chi connectivity index (χ1n) is 9.98. The summed E-state index contributed by atoms with van der Waals surface area (Å²) in [5.74, 6) is -0.182. The summed E-state index contributed by atoms with van der Waals surface area (Å²) in [5, 5.41) is 5.96. The molecule has 1 aliphatic rings. The monoisotopic (exact) mass is 379 g/mol. The van der Waals surface area contributed by atoms with Gasteiger partial charge in [-0.1, -0.05) is 42.0 Å². The van der Waals surface area contributed by atoms with Crippen molar-refractivity contribution in [2.75, 3.05) is 25.0 Å². The number of urea groups is 1. The Balaban J connectivity index is 1.47. The molecule has 0 aliphatic carbocycles. The van der Waals surface area contributed by atoms with Crippen LogP contribution >= 0.6 is 0 Å². The van der Waals surface area contributed by atoms with Gasteiger partial charge in [0, 0.05) is 25.3 Å². The zero-order valence-corrected chi connectivity index (χ0v) is 16.7. The standard InChI is InChI=1S/C23H29N3O2/c1-17-10-11-19(18(2)15-17)12-13-24-23(28)26-14-6-7-20(16-26)22(27)25-21-8-4-3-5-9-21/h3-5,8-11,15,20H,6-7,12-14,16H2,1-2H3,(H,24,28)(H,25,27). The first-order chi connectivity index (χ1) is 13.5. The van der Waals surface area contributed by atoms with Gasteiger partial charge in [-0.2, -0.15) is 0 Å². The Labute approximate surface area is 167 Å². The summed E-state index contributed by atoms with van der Waals surface area (Å²) < 4.78 is 0. The molecule has 0 radical (unpaired) electrons. The zero-order valence-electron chi connectivity index (χ0n) is 16.7. The molecule has 1 fully saturated rings. The van der Waals surface area contributed by atoms with Crippen molar-refractivity contribution < 1.29 is 9.59 Å². The minimum atomic E-state index is -0.168. The Kier molecular flexibility index (Phi) is 6.69. The highest BCUT2D eigenvalue weighted by Crippen LogP contribution is 2.19. The van der Waals surface area contributed by atoms with E-state index in [2.05, 4.69) is 42.7 Å². The molecule has 1 unspecified atom stereocenters. The van der Waals surface area contributed by atoms with Gasteiger partial charge < -0.3 is 15.5 Å². The van der Waals surface area contributed by atoms with E-state index in [1.807, 2.05) is 30.3 Å². The number of carbonyl (C=O) groups excluding carboxylic acids is 2. The fourth-order valence-electron chi connectivity index (χ4n) is 3.68. The number of benzene rings is 2. The molecule has 3 rings (SSSR count). The first kappa shape index (κ1) is 19.9. The van der Waals surface area contributed by atoms with Crippen LogP contribution in [0, 0.1) is 19.8 Å². The minimum absolute atomic E-state index is 0.0148. The van der Waals surface area contributed by atoms with E-state index >= 15 is 0 Å². The summed E-state index contributed by atoms with van der Waals surface area (Å²) in [6.07, 6.45) is 2.46. The Morgan fingerprint density at radius 2 is 1.89 bits per heavy atom. The number of piperidine rings is 1. The molecule has 148 valence electrons. The second-order valence-electron chi connectivity index (χ2n) is 7.55. The predicted molar refractivity (Wildman–Crippen MR) is 112 cm³/mol. The lowest BCUT2D eigenvalue weighted by molar-refractivity contribution is -0.121. The third-order valence-corrected chi connectivity index (χ3v) is 5.29. The Bertz CT molecular complexity index is 820. The van der Waals surface area contributed by atoms with E-state index < -0.39 is 0 Å². The second kappa shape index (κ2) is 9.40. The van der Waals surface area contributed by atoms with Gasteiger partial charge in [-0.15, -0.1) is 0 Å². The van der Waals surface area contributed by atoms with Gasteiger partial charge in [0.1, 0.15) is 0 Å². The van der Waals surface area contributed by atoms with Gasteiger partial charge >= 0.3 is 6.03 Å². The van der Waals surface area contributed by atoms with Crippen molar-refractivity contribution in [1.82, 2.24) is 10.2 Å². The van der Waals surface area contributed by atoms with E-state index in [1.165, 1.54) is 16.7 Å². The van der Waals surface area contributed by atoms with E-state index in [1.54, 1.807) is 4.90 Å². The van der Waals surface area contributed by atoms with Crippen molar-refractivity contribution >= 4 is 17.6 Å². The number of amides is 3. The van der Waals surface area contributed by atoms with Gasteiger partial charge in [0.05, 0.1) is 5.92 Å². The van der Waals surface area contributed by atoms with Crippen molar-refractivity contribution in [2.24, 2.45) is 5.92 Å². The van der Waals surface area contributed by atoms with Crippen LogP contribution < -0.4 is 10.6 Å². The summed E-state index contributed by atoms with van der Waals surface area (Å²) in [6, 6.07) is 15.8. The molecule has 0 bridgehead atoms. The maximum absolute atomic E-state index is 12.5. The number of para-hydroxylation sites is 1. The van der Waals surface area contributed by atoms with E-state index in [9.17, 15) is 9.59 Å². The normalized spacial score (nSPS) is 16.5. The van der Waals surface area contributed by atoms with Crippen molar-refractivity contribution in [2.45, 2.75) is 33.1 Å². The lowest BCUT2D eigenvalue weighted by Crippen LogP contribution is -2.48. The molecule has 1 heterocycles. The number of nitrogens with zero attached hydrogens (tertiary/aromatic N) is 1. The first-order valence-corrected chi connectivity index (χ1v) is 9.98. The topological polar surface area (TPSA) is 61.4 Å². The average Bonchev–Trinajstić information content (AvgIpc) is 2.70. The highest BCUT2D eigenvalue weighted by molar-refractivity contribution is 5.93. The molecular formula is C23H29N3O2. The number of anilines is 1. The minimum Gasteiger partial charge on any atom is -0.338 e. The van der Waals surface area contributed by atoms with Crippen LogP contribution in [0.3, 0.4) is 0 Å². The summed E-state index contributed by atoms with van der Waals surface area (Å²) in [4.78, 5) is 26.8. The van der Waals surface area contributed by atoms with Crippen LogP contribution in [0.25, 0.3) is 0 Å². The number of hydrogen-bond acceptors (Lipinski definition) is 2. The van der Waals surface area contributed by atoms with E-state index in [4.69, 9.17) is 0 Å². The van der Waals surface area contributed by atoms with Crippen LogP contribution in [0.1, 0.15) is 29.5 Å². The maximum Gasteiger partial charge on any atom is 0.317 e. The molecule has 1 atom stereocenters. The van der Waals surface area contributed by atoms with Crippen LogP contribution in [0.5, 0.6) is 0 Å². The van der Waals surface area contributed by atoms with E-state index in [-0.39, 0.29) is 17.9 Å². The van der Waals surface area contributed by atoms with Crippen molar-refractivity contribution in [3.05, 3.63) is 65.2 Å². The van der Waals surface area contributed by atoms with Gasteiger partial charge in [-0.3, -0.25) is 4.79 Å². The lowest BCUT2D eigenvalue weighted by atomic mass is 9.97. The quantitative estimate of drug-likeness (QED) is 0.827. The van der Waals surface area contributed by atoms with Crippen molar-refractivity contribution in [1.29, 1.82) is 0 Å². The summed E-state index contributed by atoms with van der Waals surface area (Å²) in [6.45, 7) is 5.95. The number of hydrogen-bond donors (Lipinski definition) is 2. The molecule has 28 heavy (non-hydrogen) atoms. The molecule has 1 aliphatic heterocycles. The fourth-order valence-corrected chi connectivity index (χ4v) is 3.68. The van der Waals surface area contributed by atoms with E-state index in [0.717, 1.165) is 24.9 Å². The summed E-state index contributed by atoms with van der Waals surface area (Å²) in [7, 11) is 0. The van der Waals surface area contributed by atoms with Gasteiger partial charge in [-0.05, 0) is 56.4 Å². The molecule has 5 nitrogen and oxygen atoms in total. The Morgan fingerprint density at radius 3 is 2.64 bits per heavy atom. The van der Waals surface area contributed by atoms with Crippen LogP contribution in [0.4, 0.5) is 10.5 Å². The second-order valence-corrected chi connectivity index (χ2v) is 7.55. The van der Waals surface area contributed by atoms with Gasteiger partial charge in [-0.25, -0.2) is 4.79 Å². The zero-order chi connectivity index (χ0) is 19.9. The van der Waals surface area contributed by atoms with Crippen LogP contribution in [0.15, 0.2) is 48.5 Å². The molecule has 3 amide bonds. The molecule has 2 aromatic carbocycles. The van der Waals surface area contributed by atoms with Gasteiger partial charge in [0.2, 0.25) is 5.91 Å². The average molecular weight is 380 g/mol. The Hall–Kier alpha value is -2.82. The third kappa shape index (κ3) is 5.35.